The monoisotopic (exact) mass is 317 g/mol. The third-order valence-corrected chi connectivity index (χ3v) is 3.85. The van der Waals surface area contributed by atoms with E-state index in [1.165, 1.54) is 4.90 Å². The Morgan fingerprint density at radius 3 is 2.70 bits per heavy atom. The van der Waals surface area contributed by atoms with E-state index in [4.69, 9.17) is 13.9 Å². The molecule has 0 bridgehead atoms. The number of benzene rings is 1. The van der Waals surface area contributed by atoms with Gasteiger partial charge in [0.05, 0.1) is 26.9 Å². The van der Waals surface area contributed by atoms with Crippen LogP contribution in [-0.4, -0.2) is 39.8 Å². The first kappa shape index (κ1) is 15.4. The van der Waals surface area contributed by atoms with Crippen molar-refractivity contribution in [1.29, 1.82) is 0 Å². The summed E-state index contributed by atoms with van der Waals surface area (Å²) in [5.74, 6) is 2.01. The fourth-order valence-electron chi connectivity index (χ4n) is 2.56. The molecular weight excluding hydrogens is 296 g/mol. The number of ether oxygens (including phenoxy) is 2. The van der Waals surface area contributed by atoms with Crippen LogP contribution in [0.4, 0.5) is 0 Å². The molecule has 3 rings (SSSR count). The van der Waals surface area contributed by atoms with Crippen LogP contribution in [0.25, 0.3) is 0 Å². The zero-order valence-corrected chi connectivity index (χ0v) is 13.3. The van der Waals surface area contributed by atoms with E-state index >= 15 is 0 Å². The summed E-state index contributed by atoms with van der Waals surface area (Å²) >= 11 is 0. The summed E-state index contributed by atoms with van der Waals surface area (Å²) in [5.41, 5.74) is 0.557. The fraction of sp³-hybridized carbons (Fsp3) is 0.353. The van der Waals surface area contributed by atoms with E-state index in [1.54, 1.807) is 24.5 Å². The number of likely N-dealkylation sites (N-methyl/N-ethyl adjacent to an activating group) is 1. The van der Waals surface area contributed by atoms with Crippen molar-refractivity contribution in [3.8, 4) is 11.5 Å². The van der Waals surface area contributed by atoms with Crippen molar-refractivity contribution in [2.45, 2.75) is 6.04 Å². The Morgan fingerprint density at radius 2 is 2.00 bits per heavy atom. The molecule has 0 saturated heterocycles. The minimum absolute atomic E-state index is 0.0613. The Labute approximate surface area is 135 Å². The number of quaternary nitrogens is 1. The maximum absolute atomic E-state index is 12.4. The number of nitrogens with one attached hydrogen (secondary N) is 2. The largest absolute Gasteiger partial charge is 0.486 e. The number of fused-ring (bicyclic) bond motifs is 1. The van der Waals surface area contributed by atoms with E-state index in [-0.39, 0.29) is 11.9 Å². The maximum atomic E-state index is 12.4. The summed E-state index contributed by atoms with van der Waals surface area (Å²) in [4.78, 5) is 13.6. The second-order valence-corrected chi connectivity index (χ2v) is 5.71. The molecule has 0 spiro atoms. The van der Waals surface area contributed by atoms with Gasteiger partial charge in [0.25, 0.3) is 5.91 Å². The number of hydrogen-bond acceptors (Lipinski definition) is 4. The highest BCUT2D eigenvalue weighted by Gasteiger charge is 2.22. The molecule has 0 aliphatic carbocycles. The van der Waals surface area contributed by atoms with E-state index in [1.807, 2.05) is 26.2 Å². The van der Waals surface area contributed by atoms with Crippen molar-refractivity contribution in [2.24, 2.45) is 0 Å². The predicted molar refractivity (Wildman–Crippen MR) is 84.0 cm³/mol. The molecule has 0 fully saturated rings. The number of hydrogen-bond donors (Lipinski definition) is 2. The molecule has 2 heterocycles. The highest BCUT2D eigenvalue weighted by molar-refractivity contribution is 5.94. The van der Waals surface area contributed by atoms with Crippen LogP contribution in [0.5, 0.6) is 11.5 Å². The molecule has 1 atom stereocenters. The Morgan fingerprint density at radius 1 is 1.22 bits per heavy atom. The van der Waals surface area contributed by atoms with Crippen molar-refractivity contribution < 1.29 is 23.6 Å². The van der Waals surface area contributed by atoms with Gasteiger partial charge in [-0.3, -0.25) is 4.79 Å². The van der Waals surface area contributed by atoms with Crippen molar-refractivity contribution in [3.63, 3.8) is 0 Å². The summed E-state index contributed by atoms with van der Waals surface area (Å²) in [5, 5.41) is 2.96. The van der Waals surface area contributed by atoms with E-state index < -0.39 is 0 Å². The van der Waals surface area contributed by atoms with Gasteiger partial charge in [0, 0.05) is 5.56 Å². The molecule has 1 amide bonds. The van der Waals surface area contributed by atoms with Crippen molar-refractivity contribution in [1.82, 2.24) is 5.32 Å². The van der Waals surface area contributed by atoms with Gasteiger partial charge in [0.15, 0.2) is 23.3 Å². The number of furan rings is 1. The van der Waals surface area contributed by atoms with E-state index in [9.17, 15) is 4.79 Å². The second kappa shape index (κ2) is 6.75. The molecule has 1 aliphatic rings. The van der Waals surface area contributed by atoms with Gasteiger partial charge < -0.3 is 24.1 Å². The summed E-state index contributed by atoms with van der Waals surface area (Å²) in [6.45, 7) is 1.53. The lowest BCUT2D eigenvalue weighted by Crippen LogP contribution is -3.07. The van der Waals surface area contributed by atoms with Gasteiger partial charge in [-0.05, 0) is 30.3 Å². The lowest BCUT2D eigenvalue weighted by Gasteiger charge is -2.21. The lowest BCUT2D eigenvalue weighted by molar-refractivity contribution is -0.891. The van der Waals surface area contributed by atoms with Crippen molar-refractivity contribution >= 4 is 5.91 Å². The lowest BCUT2D eigenvalue weighted by atomic mass is 10.1. The third-order valence-electron chi connectivity index (χ3n) is 3.85. The first-order chi connectivity index (χ1) is 11.1. The molecule has 23 heavy (non-hydrogen) atoms. The maximum Gasteiger partial charge on any atom is 0.251 e. The Bertz CT molecular complexity index is 667. The Kier molecular flexibility index (Phi) is 4.52. The van der Waals surface area contributed by atoms with Crippen LogP contribution in [0.2, 0.25) is 0 Å². The molecule has 2 aromatic rings. The van der Waals surface area contributed by atoms with Crippen LogP contribution in [0, 0.1) is 0 Å². The van der Waals surface area contributed by atoms with Gasteiger partial charge in [0.1, 0.15) is 13.2 Å². The zero-order chi connectivity index (χ0) is 16.2. The molecule has 122 valence electrons. The van der Waals surface area contributed by atoms with Gasteiger partial charge in [-0.15, -0.1) is 0 Å². The highest BCUT2D eigenvalue weighted by Crippen LogP contribution is 2.30. The molecule has 1 aromatic heterocycles. The van der Waals surface area contributed by atoms with Gasteiger partial charge >= 0.3 is 0 Å². The van der Waals surface area contributed by atoms with Gasteiger partial charge in [0.2, 0.25) is 0 Å². The van der Waals surface area contributed by atoms with Gasteiger partial charge in [-0.1, -0.05) is 0 Å². The smallest absolute Gasteiger partial charge is 0.251 e. The predicted octanol–water partition coefficient (Wildman–Crippen LogP) is 0.666. The first-order valence-corrected chi connectivity index (χ1v) is 7.66. The van der Waals surface area contributed by atoms with E-state index in [0.717, 1.165) is 5.76 Å². The molecule has 0 saturated carbocycles. The molecule has 1 aromatic carbocycles. The fourth-order valence-corrected chi connectivity index (χ4v) is 2.56. The molecule has 0 radical (unpaired) electrons. The zero-order valence-electron chi connectivity index (χ0n) is 13.3. The molecule has 6 heteroatoms. The minimum Gasteiger partial charge on any atom is -0.486 e. The van der Waals surface area contributed by atoms with Crippen LogP contribution < -0.4 is 19.7 Å². The van der Waals surface area contributed by atoms with Crippen LogP contribution in [-0.2, 0) is 0 Å². The highest BCUT2D eigenvalue weighted by atomic mass is 16.6. The standard InChI is InChI=1S/C17H20N2O4/c1-19(2)13(14-4-3-7-21-14)11-18-17(20)12-5-6-15-16(10-12)23-9-8-22-15/h3-7,10,13H,8-9,11H2,1-2H3,(H,18,20)/p+1/t13-/m1/s1. The molecule has 0 unspecified atom stereocenters. The number of carbonyl (C=O) groups excluding carboxylic acids is 1. The summed E-state index contributed by atoms with van der Waals surface area (Å²) in [6.07, 6.45) is 1.65. The topological polar surface area (TPSA) is 65.1 Å². The normalized spacial score (nSPS) is 14.6. The Balaban J connectivity index is 1.67. The van der Waals surface area contributed by atoms with Crippen LogP contribution >= 0.6 is 0 Å². The molecular formula is C17H21N2O4+. The average Bonchev–Trinajstić information content (AvgIpc) is 3.08. The van der Waals surface area contributed by atoms with E-state index in [0.29, 0.717) is 36.8 Å². The quantitative estimate of drug-likeness (QED) is 0.851. The van der Waals surface area contributed by atoms with Crippen LogP contribution in [0.15, 0.2) is 41.0 Å². The third kappa shape index (κ3) is 3.48. The average molecular weight is 317 g/mol. The number of carbonyl (C=O) groups is 1. The van der Waals surface area contributed by atoms with Gasteiger partial charge in [-0.25, -0.2) is 0 Å². The minimum atomic E-state index is -0.139. The Hall–Kier alpha value is -2.47. The summed E-state index contributed by atoms with van der Waals surface area (Å²) in [7, 11) is 4.06. The second-order valence-electron chi connectivity index (χ2n) is 5.71. The van der Waals surface area contributed by atoms with Crippen molar-refractivity contribution in [3.05, 3.63) is 47.9 Å². The van der Waals surface area contributed by atoms with Crippen LogP contribution in [0.3, 0.4) is 0 Å². The molecule has 2 N–H and O–H groups in total. The number of rotatable bonds is 5. The van der Waals surface area contributed by atoms with E-state index in [2.05, 4.69) is 5.32 Å². The van der Waals surface area contributed by atoms with Crippen LogP contribution in [0.1, 0.15) is 22.2 Å². The summed E-state index contributed by atoms with van der Waals surface area (Å²) < 4.78 is 16.4. The molecule has 1 aliphatic heterocycles. The van der Waals surface area contributed by atoms with Crippen molar-refractivity contribution in [2.75, 3.05) is 33.9 Å². The molecule has 6 nitrogen and oxygen atoms in total. The van der Waals surface area contributed by atoms with Gasteiger partial charge in [-0.2, -0.15) is 0 Å². The first-order valence-electron chi connectivity index (χ1n) is 7.66. The summed E-state index contributed by atoms with van der Waals surface area (Å²) in [6, 6.07) is 9.07. The number of amides is 1. The SMILES string of the molecule is C[NH+](C)[C@H](CNC(=O)c1ccc2c(c1)OCCO2)c1ccco1.